The molecule has 0 saturated carbocycles. The quantitative estimate of drug-likeness (QED) is 0.0232. The number of rotatable bonds is 49. The highest BCUT2D eigenvalue weighted by Gasteiger charge is 2.44. The minimum atomic E-state index is -1.61. The summed E-state index contributed by atoms with van der Waals surface area (Å²) in [5, 5.41) is 64.8. The average molecular weight is 940 g/mol. The Bertz CT molecular complexity index is 1060. The van der Waals surface area contributed by atoms with Gasteiger partial charge in [-0.2, -0.15) is 0 Å². The van der Waals surface area contributed by atoms with Crippen LogP contribution < -0.4 is 5.32 Å². The normalized spacial score (nSPS) is 20.3. The van der Waals surface area contributed by atoms with Gasteiger partial charge in [0.2, 0.25) is 5.91 Å². The van der Waals surface area contributed by atoms with Crippen molar-refractivity contribution in [1.82, 2.24) is 5.32 Å². The van der Waals surface area contributed by atoms with Crippen molar-refractivity contribution >= 4 is 5.91 Å². The topological polar surface area (TPSA) is 169 Å². The van der Waals surface area contributed by atoms with Gasteiger partial charge >= 0.3 is 0 Å². The van der Waals surface area contributed by atoms with E-state index < -0.39 is 61.5 Å². The third-order valence-electron chi connectivity index (χ3n) is 14.0. The third kappa shape index (κ3) is 35.1. The number of allylic oxidation sites excluding steroid dienone is 1. The number of aliphatic hydroxyl groups is 6. The highest BCUT2D eigenvalue weighted by molar-refractivity contribution is 5.80. The molecule has 392 valence electrons. The van der Waals surface area contributed by atoms with Crippen molar-refractivity contribution in [3.63, 3.8) is 0 Å². The maximum atomic E-state index is 13.1. The Morgan fingerprint density at radius 2 is 0.864 bits per heavy atom. The van der Waals surface area contributed by atoms with Gasteiger partial charge in [-0.3, -0.25) is 4.79 Å². The van der Waals surface area contributed by atoms with E-state index in [2.05, 4.69) is 19.2 Å². The molecule has 1 rings (SSSR count). The Balaban J connectivity index is 2.14. The van der Waals surface area contributed by atoms with E-state index in [1.807, 2.05) is 6.08 Å². The van der Waals surface area contributed by atoms with E-state index >= 15 is 0 Å². The molecule has 8 unspecified atom stereocenters. The second-order valence-electron chi connectivity index (χ2n) is 20.2. The molecule has 10 nitrogen and oxygen atoms in total. The van der Waals surface area contributed by atoms with Gasteiger partial charge in [0, 0.05) is 0 Å². The summed E-state index contributed by atoms with van der Waals surface area (Å²) >= 11 is 0. The van der Waals surface area contributed by atoms with Crippen molar-refractivity contribution in [1.29, 1.82) is 0 Å². The molecule has 0 spiro atoms. The lowest BCUT2D eigenvalue weighted by Crippen LogP contribution is -2.60. The van der Waals surface area contributed by atoms with Crippen LogP contribution in [0, 0.1) is 0 Å². The molecule has 66 heavy (non-hydrogen) atoms. The highest BCUT2D eigenvalue weighted by Crippen LogP contribution is 2.23. The van der Waals surface area contributed by atoms with E-state index in [4.69, 9.17) is 9.47 Å². The molecule has 0 aromatic carbocycles. The summed E-state index contributed by atoms with van der Waals surface area (Å²) in [6, 6.07) is -0.975. The van der Waals surface area contributed by atoms with E-state index in [9.17, 15) is 35.4 Å². The number of nitrogens with one attached hydrogen (secondary N) is 1. The second kappa shape index (κ2) is 46.3. The van der Waals surface area contributed by atoms with Gasteiger partial charge in [0.1, 0.15) is 30.5 Å². The summed E-state index contributed by atoms with van der Waals surface area (Å²) in [6.45, 7) is 3.62. The van der Waals surface area contributed by atoms with Crippen LogP contribution in [0.5, 0.6) is 0 Å². The van der Waals surface area contributed by atoms with Crippen LogP contribution in [-0.4, -0.2) is 98.7 Å². The molecule has 1 aliphatic heterocycles. The van der Waals surface area contributed by atoms with Gasteiger partial charge in [-0.1, -0.05) is 270 Å². The molecule has 10 heteroatoms. The minimum Gasteiger partial charge on any atom is -0.394 e. The van der Waals surface area contributed by atoms with Gasteiger partial charge in [-0.15, -0.1) is 0 Å². The molecule has 1 saturated heterocycles. The van der Waals surface area contributed by atoms with Crippen LogP contribution in [0.1, 0.15) is 277 Å². The standard InChI is InChI=1S/C56H109NO9/c1-3-5-7-9-11-13-15-16-17-18-19-20-21-22-23-24-25-26-27-28-29-30-31-32-33-35-37-39-41-43-45-50(60)55(64)57-48(47-65-56-54(63)53(62)52(61)51(46-58)66-56)49(59)44-42-40-38-36-34-14-12-10-8-6-4-2/h42,44,48-54,56,58-63H,3-41,43,45-47H2,1-2H3,(H,57,64)/b44-42+. The first-order valence-corrected chi connectivity index (χ1v) is 28.5. The molecule has 0 aromatic rings. The fraction of sp³-hybridized carbons (Fsp3) is 0.946. The summed E-state index contributed by atoms with van der Waals surface area (Å²) in [5.41, 5.74) is 0. The molecular weight excluding hydrogens is 831 g/mol. The van der Waals surface area contributed by atoms with Gasteiger partial charge in [-0.25, -0.2) is 0 Å². The lowest BCUT2D eigenvalue weighted by molar-refractivity contribution is -0.302. The molecular formula is C56H109NO9. The van der Waals surface area contributed by atoms with Crippen LogP contribution >= 0.6 is 0 Å². The zero-order valence-corrected chi connectivity index (χ0v) is 43.1. The Kier molecular flexibility index (Phi) is 44.1. The predicted molar refractivity (Wildman–Crippen MR) is 273 cm³/mol. The van der Waals surface area contributed by atoms with Crippen LogP contribution in [0.15, 0.2) is 12.2 Å². The van der Waals surface area contributed by atoms with Gasteiger partial charge in [0.25, 0.3) is 0 Å². The number of carbonyl (C=O) groups is 1. The van der Waals surface area contributed by atoms with Crippen LogP contribution in [0.25, 0.3) is 0 Å². The van der Waals surface area contributed by atoms with Crippen LogP contribution in [0.2, 0.25) is 0 Å². The van der Waals surface area contributed by atoms with Crippen LogP contribution in [-0.2, 0) is 14.3 Å². The van der Waals surface area contributed by atoms with Gasteiger partial charge in [-0.05, 0) is 19.3 Å². The Morgan fingerprint density at radius 3 is 1.23 bits per heavy atom. The molecule has 1 fully saturated rings. The lowest BCUT2D eigenvalue weighted by Gasteiger charge is -2.40. The molecule has 0 aliphatic carbocycles. The molecule has 0 bridgehead atoms. The summed E-state index contributed by atoms with van der Waals surface area (Å²) in [6.07, 6.45) is 46.3. The summed E-state index contributed by atoms with van der Waals surface area (Å²) in [7, 11) is 0. The number of amides is 1. The van der Waals surface area contributed by atoms with Gasteiger partial charge in [0.15, 0.2) is 6.29 Å². The van der Waals surface area contributed by atoms with Crippen molar-refractivity contribution in [3.05, 3.63) is 12.2 Å². The zero-order valence-electron chi connectivity index (χ0n) is 43.1. The van der Waals surface area contributed by atoms with E-state index in [0.29, 0.717) is 6.42 Å². The van der Waals surface area contributed by atoms with Gasteiger partial charge in [0.05, 0.1) is 25.4 Å². The van der Waals surface area contributed by atoms with E-state index in [-0.39, 0.29) is 6.61 Å². The smallest absolute Gasteiger partial charge is 0.249 e. The number of aliphatic hydroxyl groups excluding tert-OH is 6. The largest absolute Gasteiger partial charge is 0.394 e. The molecule has 0 radical (unpaired) electrons. The SMILES string of the molecule is CCCCCCCCCCC/C=C/C(O)C(COC1OC(CO)C(O)C(O)C1O)NC(=O)C(O)CCCCCCCCCCCCCCCCCCCCCCCCCCCCCCCC. The molecule has 1 heterocycles. The first kappa shape index (κ1) is 62.9. The third-order valence-corrected chi connectivity index (χ3v) is 14.0. The predicted octanol–water partition coefficient (Wildman–Crippen LogP) is 12.6. The highest BCUT2D eigenvalue weighted by atomic mass is 16.7. The Labute approximate surface area is 406 Å². The summed E-state index contributed by atoms with van der Waals surface area (Å²) in [4.78, 5) is 13.1. The maximum absolute atomic E-state index is 13.1. The first-order chi connectivity index (χ1) is 32.3. The molecule has 8 atom stereocenters. The van der Waals surface area contributed by atoms with Crippen molar-refractivity contribution in [2.45, 2.75) is 326 Å². The van der Waals surface area contributed by atoms with Crippen LogP contribution in [0.3, 0.4) is 0 Å². The summed E-state index contributed by atoms with van der Waals surface area (Å²) in [5.74, 6) is -0.612. The Morgan fingerprint density at radius 1 is 0.515 bits per heavy atom. The van der Waals surface area contributed by atoms with E-state index in [1.165, 1.54) is 212 Å². The zero-order chi connectivity index (χ0) is 48.1. The minimum absolute atomic E-state index is 0.301. The fourth-order valence-corrected chi connectivity index (χ4v) is 9.34. The van der Waals surface area contributed by atoms with E-state index in [1.54, 1.807) is 6.08 Å². The van der Waals surface area contributed by atoms with Crippen molar-refractivity contribution in [2.75, 3.05) is 13.2 Å². The fourth-order valence-electron chi connectivity index (χ4n) is 9.34. The molecule has 0 aromatic heterocycles. The second-order valence-corrected chi connectivity index (χ2v) is 20.2. The number of unbranched alkanes of at least 4 members (excludes halogenated alkanes) is 38. The van der Waals surface area contributed by atoms with Crippen molar-refractivity contribution in [2.24, 2.45) is 0 Å². The van der Waals surface area contributed by atoms with Crippen molar-refractivity contribution < 1.29 is 44.9 Å². The average Bonchev–Trinajstić information content (AvgIpc) is 3.32. The monoisotopic (exact) mass is 940 g/mol. The number of ether oxygens (including phenoxy) is 2. The van der Waals surface area contributed by atoms with Crippen molar-refractivity contribution in [3.8, 4) is 0 Å². The summed E-state index contributed by atoms with van der Waals surface area (Å²) < 4.78 is 11.2. The number of carbonyl (C=O) groups excluding carboxylic acids is 1. The number of hydrogen-bond acceptors (Lipinski definition) is 9. The molecule has 1 aliphatic rings. The molecule has 1 amide bonds. The van der Waals surface area contributed by atoms with Gasteiger partial charge < -0.3 is 45.4 Å². The van der Waals surface area contributed by atoms with Crippen LogP contribution in [0.4, 0.5) is 0 Å². The van der Waals surface area contributed by atoms with E-state index in [0.717, 1.165) is 44.9 Å². The maximum Gasteiger partial charge on any atom is 0.249 e. The number of hydrogen-bond donors (Lipinski definition) is 7. The molecule has 7 N–H and O–H groups in total. The Hall–Kier alpha value is -1.11. The first-order valence-electron chi connectivity index (χ1n) is 28.5. The lowest BCUT2D eigenvalue weighted by atomic mass is 9.99.